The number of ketones is 1. The van der Waals surface area contributed by atoms with Gasteiger partial charge >= 0.3 is 0 Å². The lowest BCUT2D eigenvalue weighted by molar-refractivity contribution is 0.0899. The molecule has 0 aromatic heterocycles. The van der Waals surface area contributed by atoms with Crippen LogP contribution in [0, 0.1) is 0 Å². The Morgan fingerprint density at radius 3 is 2.50 bits per heavy atom. The lowest BCUT2D eigenvalue weighted by Crippen LogP contribution is -2.41. The van der Waals surface area contributed by atoms with Gasteiger partial charge in [0.15, 0.2) is 5.78 Å². The third-order valence-electron chi connectivity index (χ3n) is 3.25. The second-order valence-corrected chi connectivity index (χ2v) is 4.86. The summed E-state index contributed by atoms with van der Waals surface area (Å²) in [7, 11) is 0. The number of nitrogens with two attached hydrogens (primary N) is 1. The van der Waals surface area contributed by atoms with Gasteiger partial charge in [-0.3, -0.25) is 4.79 Å². The van der Waals surface area contributed by atoms with E-state index in [1.165, 1.54) is 0 Å². The topological polar surface area (TPSA) is 52.3 Å². The van der Waals surface area contributed by atoms with Crippen molar-refractivity contribution in [2.45, 2.75) is 19.4 Å². The Morgan fingerprint density at radius 2 is 1.85 bits per heavy atom. The predicted molar refractivity (Wildman–Crippen MR) is 79.9 cm³/mol. The Hall–Kier alpha value is -2.13. The average molecular weight is 269 g/mol. The van der Waals surface area contributed by atoms with Gasteiger partial charge in [-0.25, -0.2) is 0 Å². The summed E-state index contributed by atoms with van der Waals surface area (Å²) in [5.41, 5.74) is 6.56. The maximum Gasteiger partial charge on any atom is 0.187 e. The van der Waals surface area contributed by atoms with Crippen molar-refractivity contribution in [2.75, 3.05) is 6.61 Å². The largest absolute Gasteiger partial charge is 0.494 e. The summed E-state index contributed by atoms with van der Waals surface area (Å²) in [6.45, 7) is 4.21. The van der Waals surface area contributed by atoms with E-state index in [0.717, 1.165) is 5.56 Å². The molecule has 3 nitrogen and oxygen atoms in total. The minimum atomic E-state index is -1.05. The molecule has 0 saturated heterocycles. The normalized spacial score (nSPS) is 13.6. The van der Waals surface area contributed by atoms with Crippen LogP contribution in [0.4, 0.5) is 0 Å². The molecule has 104 valence electrons. The first-order valence-corrected chi connectivity index (χ1v) is 6.67. The highest BCUT2D eigenvalue weighted by atomic mass is 16.5. The van der Waals surface area contributed by atoms with Gasteiger partial charge < -0.3 is 10.5 Å². The van der Waals surface area contributed by atoms with Crippen LogP contribution in [0.25, 0.3) is 0 Å². The fourth-order valence-electron chi connectivity index (χ4n) is 2.11. The van der Waals surface area contributed by atoms with Crippen LogP contribution < -0.4 is 10.5 Å². The first-order chi connectivity index (χ1) is 9.55. The van der Waals surface area contributed by atoms with Gasteiger partial charge in [-0.1, -0.05) is 42.5 Å². The van der Waals surface area contributed by atoms with Crippen LogP contribution in [0.5, 0.6) is 5.75 Å². The zero-order valence-electron chi connectivity index (χ0n) is 11.8. The van der Waals surface area contributed by atoms with E-state index in [9.17, 15) is 4.79 Å². The van der Waals surface area contributed by atoms with E-state index < -0.39 is 5.54 Å². The molecule has 20 heavy (non-hydrogen) atoms. The van der Waals surface area contributed by atoms with E-state index >= 15 is 0 Å². The van der Waals surface area contributed by atoms with Crippen molar-refractivity contribution in [3.8, 4) is 5.75 Å². The minimum Gasteiger partial charge on any atom is -0.494 e. The number of Topliss-reactive ketones (excluding diaryl/α,β-unsaturated/α-hetero) is 1. The molecule has 2 rings (SSSR count). The molecule has 2 N–H and O–H groups in total. The molecule has 2 aromatic carbocycles. The highest BCUT2D eigenvalue weighted by Gasteiger charge is 2.31. The monoisotopic (exact) mass is 269 g/mol. The molecule has 0 spiro atoms. The Morgan fingerprint density at radius 1 is 1.15 bits per heavy atom. The van der Waals surface area contributed by atoms with Crippen LogP contribution in [0.3, 0.4) is 0 Å². The molecule has 1 unspecified atom stereocenters. The van der Waals surface area contributed by atoms with Crippen LogP contribution in [-0.4, -0.2) is 12.4 Å². The van der Waals surface area contributed by atoms with E-state index in [0.29, 0.717) is 17.9 Å². The van der Waals surface area contributed by atoms with Crippen LogP contribution in [0.15, 0.2) is 54.6 Å². The molecule has 0 heterocycles. The third kappa shape index (κ3) is 2.89. The van der Waals surface area contributed by atoms with Crippen molar-refractivity contribution in [3.05, 3.63) is 65.7 Å². The second-order valence-electron chi connectivity index (χ2n) is 4.86. The van der Waals surface area contributed by atoms with E-state index in [2.05, 4.69) is 0 Å². The van der Waals surface area contributed by atoms with Gasteiger partial charge in [0, 0.05) is 5.56 Å². The van der Waals surface area contributed by atoms with Crippen LogP contribution in [-0.2, 0) is 5.54 Å². The first kappa shape index (κ1) is 14.3. The summed E-state index contributed by atoms with van der Waals surface area (Å²) in [5.74, 6) is 0.562. The number of ether oxygens (including phenoxy) is 1. The maximum atomic E-state index is 12.6. The highest BCUT2D eigenvalue weighted by Crippen LogP contribution is 2.24. The number of carbonyl (C=O) groups is 1. The van der Waals surface area contributed by atoms with Crippen LogP contribution >= 0.6 is 0 Å². The first-order valence-electron chi connectivity index (χ1n) is 6.67. The summed E-state index contributed by atoms with van der Waals surface area (Å²) in [6.07, 6.45) is 0. The fourth-order valence-corrected chi connectivity index (χ4v) is 2.11. The van der Waals surface area contributed by atoms with E-state index in [1.54, 1.807) is 25.1 Å². The van der Waals surface area contributed by atoms with Crippen molar-refractivity contribution in [2.24, 2.45) is 5.73 Å². The van der Waals surface area contributed by atoms with Crippen molar-refractivity contribution in [1.29, 1.82) is 0 Å². The lowest BCUT2D eigenvalue weighted by atomic mass is 9.85. The van der Waals surface area contributed by atoms with E-state index in [4.69, 9.17) is 10.5 Å². The molecule has 3 heteroatoms. The van der Waals surface area contributed by atoms with Gasteiger partial charge in [-0.2, -0.15) is 0 Å². The number of rotatable bonds is 5. The highest BCUT2D eigenvalue weighted by molar-refractivity contribution is 6.03. The van der Waals surface area contributed by atoms with Crippen LogP contribution in [0.2, 0.25) is 0 Å². The van der Waals surface area contributed by atoms with Crippen molar-refractivity contribution >= 4 is 5.78 Å². The molecule has 2 aromatic rings. The molecule has 0 amide bonds. The zero-order chi connectivity index (χ0) is 14.6. The summed E-state index contributed by atoms with van der Waals surface area (Å²) in [4.78, 5) is 12.6. The average Bonchev–Trinajstić information content (AvgIpc) is 2.48. The Kier molecular flexibility index (Phi) is 4.20. The van der Waals surface area contributed by atoms with Gasteiger partial charge in [0.05, 0.1) is 6.61 Å². The molecule has 0 aliphatic carbocycles. The number of hydrogen-bond acceptors (Lipinski definition) is 3. The number of hydrogen-bond donors (Lipinski definition) is 1. The summed E-state index contributed by atoms with van der Waals surface area (Å²) in [5, 5.41) is 0. The van der Waals surface area contributed by atoms with Crippen molar-refractivity contribution < 1.29 is 9.53 Å². The smallest absolute Gasteiger partial charge is 0.187 e. The molecule has 0 saturated carbocycles. The van der Waals surface area contributed by atoms with Crippen LogP contribution in [0.1, 0.15) is 29.8 Å². The Labute approximate surface area is 119 Å². The summed E-state index contributed by atoms with van der Waals surface area (Å²) in [6, 6.07) is 16.5. The zero-order valence-corrected chi connectivity index (χ0v) is 11.8. The van der Waals surface area contributed by atoms with Gasteiger partial charge in [0.1, 0.15) is 11.3 Å². The van der Waals surface area contributed by atoms with Crippen molar-refractivity contribution in [1.82, 2.24) is 0 Å². The molecular formula is C17H19NO2. The van der Waals surface area contributed by atoms with E-state index in [1.807, 2.05) is 43.3 Å². The van der Waals surface area contributed by atoms with Gasteiger partial charge in [0.2, 0.25) is 0 Å². The number of benzene rings is 2. The fraction of sp³-hybridized carbons (Fsp3) is 0.235. The Balaban J connectivity index is 2.33. The molecule has 1 atom stereocenters. The standard InChI is InChI=1S/C17H19NO2/c1-3-20-15-11-7-8-13(12-15)16(19)17(2,18)14-9-5-4-6-10-14/h4-12H,3,18H2,1-2H3. The van der Waals surface area contributed by atoms with Gasteiger partial charge in [-0.05, 0) is 31.5 Å². The molecular weight excluding hydrogens is 250 g/mol. The lowest BCUT2D eigenvalue weighted by Gasteiger charge is -2.24. The minimum absolute atomic E-state index is 0.120. The molecule has 0 aliphatic heterocycles. The molecule has 0 fully saturated rings. The SMILES string of the molecule is CCOc1cccc(C(=O)C(C)(N)c2ccccc2)c1. The summed E-state index contributed by atoms with van der Waals surface area (Å²) >= 11 is 0. The summed E-state index contributed by atoms with van der Waals surface area (Å²) < 4.78 is 5.42. The quantitative estimate of drug-likeness (QED) is 0.848. The number of carbonyl (C=O) groups excluding carboxylic acids is 1. The second kappa shape index (κ2) is 5.88. The van der Waals surface area contributed by atoms with Gasteiger partial charge in [0.25, 0.3) is 0 Å². The van der Waals surface area contributed by atoms with Gasteiger partial charge in [-0.15, -0.1) is 0 Å². The Bertz CT molecular complexity index is 591. The van der Waals surface area contributed by atoms with E-state index in [-0.39, 0.29) is 5.78 Å². The molecule has 0 aliphatic rings. The third-order valence-corrected chi connectivity index (χ3v) is 3.25. The molecule has 0 radical (unpaired) electrons. The van der Waals surface area contributed by atoms with Crippen molar-refractivity contribution in [3.63, 3.8) is 0 Å². The molecule has 0 bridgehead atoms. The predicted octanol–water partition coefficient (Wildman–Crippen LogP) is 3.14. The maximum absolute atomic E-state index is 12.6.